The maximum atomic E-state index is 12.7. The lowest BCUT2D eigenvalue weighted by Gasteiger charge is -2.36. The molecule has 1 aliphatic rings. The van der Waals surface area contributed by atoms with Gasteiger partial charge in [0.15, 0.2) is 17.4 Å². The molecule has 0 aliphatic carbocycles. The second-order valence-corrected chi connectivity index (χ2v) is 7.30. The fourth-order valence-corrected chi connectivity index (χ4v) is 3.61. The summed E-state index contributed by atoms with van der Waals surface area (Å²) in [6.45, 7) is 6.38. The van der Waals surface area contributed by atoms with Crippen molar-refractivity contribution in [1.29, 1.82) is 0 Å². The van der Waals surface area contributed by atoms with Gasteiger partial charge in [0.2, 0.25) is 5.91 Å². The molecule has 3 aromatic rings. The number of carbonyl (C=O) groups is 1. The lowest BCUT2D eigenvalue weighted by atomic mass is 10.2. The van der Waals surface area contributed by atoms with Crippen molar-refractivity contribution in [3.8, 4) is 0 Å². The summed E-state index contributed by atoms with van der Waals surface area (Å²) in [7, 11) is 0. The lowest BCUT2D eigenvalue weighted by Crippen LogP contribution is -2.52. The monoisotopic (exact) mass is 420 g/mol. The predicted octanol–water partition coefficient (Wildman–Crippen LogP) is 1.13. The van der Waals surface area contributed by atoms with E-state index in [-0.39, 0.29) is 12.5 Å². The zero-order valence-electron chi connectivity index (χ0n) is 17.7. The SMILES string of the molecule is CCNC(=NCc1nnc2ccccn12)NCC(=O)N1CCN(c2ccccc2)CC1. The molecule has 0 atom stereocenters. The van der Waals surface area contributed by atoms with Gasteiger partial charge >= 0.3 is 0 Å². The van der Waals surface area contributed by atoms with Gasteiger partial charge in [-0.25, -0.2) is 4.99 Å². The van der Waals surface area contributed by atoms with E-state index >= 15 is 0 Å². The van der Waals surface area contributed by atoms with Gasteiger partial charge in [-0.3, -0.25) is 9.20 Å². The normalized spacial score (nSPS) is 14.7. The van der Waals surface area contributed by atoms with E-state index in [0.29, 0.717) is 19.0 Å². The van der Waals surface area contributed by atoms with Crippen molar-refractivity contribution in [2.75, 3.05) is 44.2 Å². The van der Waals surface area contributed by atoms with Gasteiger partial charge in [-0.2, -0.15) is 0 Å². The third-order valence-electron chi connectivity index (χ3n) is 5.27. The maximum Gasteiger partial charge on any atom is 0.242 e. The van der Waals surface area contributed by atoms with Crippen LogP contribution in [0.15, 0.2) is 59.7 Å². The second-order valence-electron chi connectivity index (χ2n) is 7.30. The van der Waals surface area contributed by atoms with Gasteiger partial charge in [0.25, 0.3) is 0 Å². The number of nitrogens with zero attached hydrogens (tertiary/aromatic N) is 6. The van der Waals surface area contributed by atoms with Gasteiger partial charge in [0.05, 0.1) is 6.54 Å². The molecular weight excluding hydrogens is 392 g/mol. The Kier molecular flexibility index (Phi) is 6.61. The Balaban J connectivity index is 1.30. The van der Waals surface area contributed by atoms with Crippen LogP contribution in [0, 0.1) is 0 Å². The molecule has 0 spiro atoms. The summed E-state index contributed by atoms with van der Waals surface area (Å²) in [5.74, 6) is 1.41. The average Bonchev–Trinajstić information content (AvgIpc) is 3.24. The number of guanidine groups is 1. The van der Waals surface area contributed by atoms with Gasteiger partial charge in [-0.05, 0) is 31.2 Å². The molecule has 2 aromatic heterocycles. The van der Waals surface area contributed by atoms with E-state index in [9.17, 15) is 4.79 Å². The van der Waals surface area contributed by atoms with Crippen LogP contribution in [-0.2, 0) is 11.3 Å². The van der Waals surface area contributed by atoms with Gasteiger partial charge < -0.3 is 20.4 Å². The number of carbonyl (C=O) groups excluding carboxylic acids is 1. The summed E-state index contributed by atoms with van der Waals surface area (Å²) in [5, 5.41) is 14.7. The number of nitrogens with one attached hydrogen (secondary N) is 2. The van der Waals surface area contributed by atoms with Crippen LogP contribution >= 0.6 is 0 Å². The predicted molar refractivity (Wildman–Crippen MR) is 121 cm³/mol. The van der Waals surface area contributed by atoms with E-state index in [0.717, 1.165) is 37.7 Å². The zero-order valence-corrected chi connectivity index (χ0v) is 17.7. The number of anilines is 1. The summed E-state index contributed by atoms with van der Waals surface area (Å²) >= 11 is 0. The minimum absolute atomic E-state index is 0.0752. The quantitative estimate of drug-likeness (QED) is 0.459. The number of para-hydroxylation sites is 1. The number of aliphatic imine (C=N–C) groups is 1. The van der Waals surface area contributed by atoms with Crippen LogP contribution in [0.3, 0.4) is 0 Å². The summed E-state index contributed by atoms with van der Waals surface area (Å²) < 4.78 is 1.91. The molecular formula is C22H28N8O. The number of hydrogen-bond donors (Lipinski definition) is 2. The van der Waals surface area contributed by atoms with Crippen LogP contribution in [-0.4, -0.2) is 70.6 Å². The number of fused-ring (bicyclic) bond motifs is 1. The van der Waals surface area contributed by atoms with Crippen molar-refractivity contribution >= 4 is 23.2 Å². The summed E-state index contributed by atoms with van der Waals surface area (Å²) in [6, 6.07) is 16.1. The summed E-state index contributed by atoms with van der Waals surface area (Å²) in [6.07, 6.45) is 1.92. The van der Waals surface area contributed by atoms with E-state index in [2.05, 4.69) is 42.9 Å². The number of pyridine rings is 1. The topological polar surface area (TPSA) is 90.2 Å². The van der Waals surface area contributed by atoms with Crippen LogP contribution < -0.4 is 15.5 Å². The average molecular weight is 421 g/mol. The summed E-state index contributed by atoms with van der Waals surface area (Å²) in [5.41, 5.74) is 1.99. The molecule has 31 heavy (non-hydrogen) atoms. The molecule has 9 heteroatoms. The minimum Gasteiger partial charge on any atom is -0.368 e. The lowest BCUT2D eigenvalue weighted by molar-refractivity contribution is -0.130. The Morgan fingerprint density at radius 1 is 1.00 bits per heavy atom. The molecule has 1 aliphatic heterocycles. The molecule has 4 rings (SSSR count). The van der Waals surface area contributed by atoms with Crippen molar-refractivity contribution in [3.05, 3.63) is 60.6 Å². The fourth-order valence-electron chi connectivity index (χ4n) is 3.61. The first-order valence-corrected chi connectivity index (χ1v) is 10.6. The largest absolute Gasteiger partial charge is 0.368 e. The molecule has 0 radical (unpaired) electrons. The number of aromatic nitrogens is 3. The van der Waals surface area contributed by atoms with E-state index < -0.39 is 0 Å². The van der Waals surface area contributed by atoms with Gasteiger partial charge in [-0.1, -0.05) is 24.3 Å². The van der Waals surface area contributed by atoms with Gasteiger partial charge in [0, 0.05) is 44.6 Å². The van der Waals surface area contributed by atoms with Crippen molar-refractivity contribution in [1.82, 2.24) is 30.1 Å². The molecule has 1 fully saturated rings. The zero-order chi connectivity index (χ0) is 21.5. The van der Waals surface area contributed by atoms with Crippen molar-refractivity contribution in [2.24, 2.45) is 4.99 Å². The Morgan fingerprint density at radius 2 is 1.77 bits per heavy atom. The third kappa shape index (κ3) is 5.11. The number of amides is 1. The Morgan fingerprint density at radius 3 is 2.55 bits per heavy atom. The Labute approximate surface area is 181 Å². The standard InChI is InChI=1S/C22H28N8O/c1-2-23-22(24-16-20-27-26-19-10-6-7-11-30(19)20)25-17-21(31)29-14-12-28(13-15-29)18-8-4-3-5-9-18/h3-11H,2,12-17H2,1H3,(H2,23,24,25). The molecule has 162 valence electrons. The molecule has 3 heterocycles. The highest BCUT2D eigenvalue weighted by atomic mass is 16.2. The minimum atomic E-state index is 0.0752. The number of rotatable bonds is 6. The highest BCUT2D eigenvalue weighted by molar-refractivity contribution is 5.86. The van der Waals surface area contributed by atoms with Crippen molar-refractivity contribution in [3.63, 3.8) is 0 Å². The highest BCUT2D eigenvalue weighted by Crippen LogP contribution is 2.15. The van der Waals surface area contributed by atoms with Crippen molar-refractivity contribution < 1.29 is 4.79 Å². The third-order valence-corrected chi connectivity index (χ3v) is 5.27. The van der Waals surface area contributed by atoms with E-state index in [1.54, 1.807) is 0 Å². The molecule has 0 saturated carbocycles. The molecule has 0 bridgehead atoms. The van der Waals surface area contributed by atoms with Crippen molar-refractivity contribution in [2.45, 2.75) is 13.5 Å². The van der Waals surface area contributed by atoms with E-state index in [4.69, 9.17) is 0 Å². The van der Waals surface area contributed by atoms with Gasteiger partial charge in [0.1, 0.15) is 6.54 Å². The van der Waals surface area contributed by atoms with Crippen LogP contribution in [0.1, 0.15) is 12.7 Å². The first kappa shape index (κ1) is 20.6. The number of piperazine rings is 1. The first-order chi connectivity index (χ1) is 15.2. The van der Waals surface area contributed by atoms with E-state index in [1.165, 1.54) is 5.69 Å². The molecule has 1 saturated heterocycles. The molecule has 9 nitrogen and oxygen atoms in total. The molecule has 2 N–H and O–H groups in total. The van der Waals surface area contributed by atoms with Crippen LogP contribution in [0.2, 0.25) is 0 Å². The van der Waals surface area contributed by atoms with Crippen LogP contribution in [0.5, 0.6) is 0 Å². The molecule has 1 aromatic carbocycles. The second kappa shape index (κ2) is 9.92. The van der Waals surface area contributed by atoms with E-state index in [1.807, 2.05) is 58.8 Å². The maximum absolute atomic E-state index is 12.7. The molecule has 1 amide bonds. The highest BCUT2D eigenvalue weighted by Gasteiger charge is 2.21. The fraction of sp³-hybridized carbons (Fsp3) is 0.364. The Bertz CT molecular complexity index is 1020. The summed E-state index contributed by atoms with van der Waals surface area (Å²) in [4.78, 5) is 21.5. The number of benzene rings is 1. The Hall–Kier alpha value is -3.62. The smallest absolute Gasteiger partial charge is 0.242 e. The van der Waals surface area contributed by atoms with Crippen LogP contribution in [0.25, 0.3) is 5.65 Å². The molecule has 0 unspecified atom stereocenters. The number of hydrogen-bond acceptors (Lipinski definition) is 5. The van der Waals surface area contributed by atoms with Gasteiger partial charge in [-0.15, -0.1) is 10.2 Å². The van der Waals surface area contributed by atoms with Crippen LogP contribution in [0.4, 0.5) is 5.69 Å². The first-order valence-electron chi connectivity index (χ1n) is 10.6.